The third kappa shape index (κ3) is 5.67. The first kappa shape index (κ1) is 36.6. The summed E-state index contributed by atoms with van der Waals surface area (Å²) in [5.41, 5.74) is 8.81. The summed E-state index contributed by atoms with van der Waals surface area (Å²) in [5, 5.41) is 16.3. The molecule has 4 nitrogen and oxygen atoms in total. The highest BCUT2D eigenvalue weighted by atomic mass is 32.1. The van der Waals surface area contributed by atoms with Gasteiger partial charge in [0, 0.05) is 67.9 Å². The standard InChI is InChI=1S/C59H36N4S2/c1-2-15-36(16-3-1)57-60-58(62-59(61-57)47-24-12-23-44-42-21-9-11-26-52(42)64-56(44)47)45-31-29-39(63-50-25-10-8-20-41(50)49-32-37-17-4-5-18-38(37)33-51(49)63)34-48(45)43-22-13-27-53-54(43)46-30-28-35-14-6-7-19-40(35)55(46)65-53/h1-34,57H,(H,60,61,62). The van der Waals surface area contributed by atoms with Crippen molar-refractivity contribution in [3.05, 3.63) is 223 Å². The molecule has 0 bridgehead atoms. The number of nitrogens with zero attached hydrogens (tertiary/aromatic N) is 3. The zero-order valence-electron chi connectivity index (χ0n) is 34.9. The number of aromatic nitrogens is 1. The predicted octanol–water partition coefficient (Wildman–Crippen LogP) is 16.0. The molecule has 0 saturated heterocycles. The molecule has 3 aromatic heterocycles. The highest BCUT2D eigenvalue weighted by Crippen LogP contribution is 2.45. The Morgan fingerprint density at radius 2 is 1.11 bits per heavy atom. The summed E-state index contributed by atoms with van der Waals surface area (Å²) in [6.07, 6.45) is -0.356. The maximum atomic E-state index is 5.56. The van der Waals surface area contributed by atoms with E-state index in [-0.39, 0.29) is 6.17 Å². The van der Waals surface area contributed by atoms with Crippen LogP contribution in [0.3, 0.4) is 0 Å². The molecule has 6 heteroatoms. The molecule has 0 saturated carbocycles. The number of hydrogen-bond acceptors (Lipinski definition) is 5. The van der Waals surface area contributed by atoms with Crippen molar-refractivity contribution >= 4 is 118 Å². The average Bonchev–Trinajstić information content (AvgIpc) is 4.05. The van der Waals surface area contributed by atoms with Crippen LogP contribution in [0.1, 0.15) is 22.9 Å². The van der Waals surface area contributed by atoms with Gasteiger partial charge in [-0.15, -0.1) is 22.7 Å². The summed E-state index contributed by atoms with van der Waals surface area (Å²) in [7, 11) is 0. The summed E-state index contributed by atoms with van der Waals surface area (Å²) in [5.74, 6) is 1.51. The van der Waals surface area contributed by atoms with Gasteiger partial charge in [0.1, 0.15) is 12.0 Å². The van der Waals surface area contributed by atoms with Crippen LogP contribution >= 0.6 is 22.7 Å². The maximum Gasteiger partial charge on any atom is 0.160 e. The first-order valence-electron chi connectivity index (χ1n) is 22.0. The van der Waals surface area contributed by atoms with E-state index in [1.54, 1.807) is 0 Å². The van der Waals surface area contributed by atoms with Crippen molar-refractivity contribution in [1.29, 1.82) is 0 Å². The van der Waals surface area contributed by atoms with E-state index in [0.717, 1.165) is 39.3 Å². The molecule has 0 fully saturated rings. The van der Waals surface area contributed by atoms with Crippen molar-refractivity contribution in [3.63, 3.8) is 0 Å². The van der Waals surface area contributed by atoms with Crippen LogP contribution in [0, 0.1) is 0 Å². The molecular formula is C59H36N4S2. The Hall–Kier alpha value is -7.90. The molecule has 1 unspecified atom stereocenters. The van der Waals surface area contributed by atoms with Gasteiger partial charge in [-0.2, -0.15) is 0 Å². The Balaban J connectivity index is 1.06. The van der Waals surface area contributed by atoms with E-state index in [1.165, 1.54) is 83.7 Å². The third-order valence-corrected chi connectivity index (χ3v) is 15.7. The highest BCUT2D eigenvalue weighted by molar-refractivity contribution is 7.27. The quantitative estimate of drug-likeness (QED) is 0.184. The van der Waals surface area contributed by atoms with Crippen LogP contribution in [0.25, 0.3) is 101 Å². The van der Waals surface area contributed by atoms with Crippen molar-refractivity contribution in [3.8, 4) is 16.8 Å². The molecule has 0 aliphatic carbocycles. The van der Waals surface area contributed by atoms with Gasteiger partial charge >= 0.3 is 0 Å². The van der Waals surface area contributed by atoms with E-state index in [0.29, 0.717) is 5.84 Å². The molecule has 4 heterocycles. The second kappa shape index (κ2) is 14.3. The number of para-hydroxylation sites is 1. The maximum absolute atomic E-state index is 5.56. The van der Waals surface area contributed by atoms with E-state index in [4.69, 9.17) is 9.98 Å². The fraction of sp³-hybridized carbons (Fsp3) is 0.0169. The molecule has 0 spiro atoms. The van der Waals surface area contributed by atoms with Gasteiger partial charge in [0.2, 0.25) is 0 Å². The minimum absolute atomic E-state index is 0.356. The van der Waals surface area contributed by atoms with Crippen molar-refractivity contribution in [1.82, 2.24) is 9.88 Å². The fourth-order valence-corrected chi connectivity index (χ4v) is 12.7. The van der Waals surface area contributed by atoms with E-state index in [9.17, 15) is 0 Å². The third-order valence-electron chi connectivity index (χ3n) is 13.2. The molecule has 10 aromatic carbocycles. The first-order chi connectivity index (χ1) is 32.2. The average molecular weight is 865 g/mol. The second-order valence-corrected chi connectivity index (χ2v) is 19.0. The summed E-state index contributed by atoms with van der Waals surface area (Å²) in [6, 6.07) is 75.0. The second-order valence-electron chi connectivity index (χ2n) is 16.9. The van der Waals surface area contributed by atoms with Gasteiger partial charge in [0.25, 0.3) is 0 Å². The monoisotopic (exact) mass is 864 g/mol. The number of thiophene rings is 2. The summed E-state index contributed by atoms with van der Waals surface area (Å²) < 4.78 is 7.47. The summed E-state index contributed by atoms with van der Waals surface area (Å²) in [6.45, 7) is 0. The highest BCUT2D eigenvalue weighted by Gasteiger charge is 2.26. The lowest BCUT2D eigenvalue weighted by atomic mass is 9.93. The number of amidine groups is 2. The van der Waals surface area contributed by atoms with E-state index in [1.807, 2.05) is 22.7 Å². The Morgan fingerprint density at radius 1 is 0.415 bits per heavy atom. The Bertz CT molecular complexity index is 4170. The van der Waals surface area contributed by atoms with Gasteiger partial charge in [-0.1, -0.05) is 152 Å². The summed E-state index contributed by atoms with van der Waals surface area (Å²) in [4.78, 5) is 11.1. The molecule has 1 aliphatic heterocycles. The molecule has 0 radical (unpaired) electrons. The SMILES string of the molecule is c1ccc(C2N=C(c3ccc(-n4c5ccccc5c5cc6ccccc6cc54)cc3-c3cccc4sc5c6ccccc6ccc5c34)N=C(c3cccc4c3sc3ccccc34)N2)cc1. The zero-order valence-corrected chi connectivity index (χ0v) is 36.5. The lowest BCUT2D eigenvalue weighted by Gasteiger charge is -2.25. The van der Waals surface area contributed by atoms with Gasteiger partial charge in [-0.05, 0) is 92.8 Å². The topological polar surface area (TPSA) is 41.7 Å². The van der Waals surface area contributed by atoms with Crippen LogP contribution in [0.4, 0.5) is 0 Å². The minimum Gasteiger partial charge on any atom is -0.344 e. The van der Waals surface area contributed by atoms with E-state index < -0.39 is 0 Å². The van der Waals surface area contributed by atoms with Crippen molar-refractivity contribution in [2.24, 2.45) is 9.98 Å². The van der Waals surface area contributed by atoms with Gasteiger partial charge in [-0.3, -0.25) is 0 Å². The Kier molecular flexibility index (Phi) is 8.05. The van der Waals surface area contributed by atoms with E-state index >= 15 is 0 Å². The van der Waals surface area contributed by atoms with Crippen molar-refractivity contribution in [2.45, 2.75) is 6.17 Å². The molecular weight excluding hydrogens is 829 g/mol. The molecule has 1 aliphatic rings. The van der Waals surface area contributed by atoms with E-state index in [2.05, 4.69) is 216 Å². The van der Waals surface area contributed by atoms with Crippen molar-refractivity contribution in [2.75, 3.05) is 0 Å². The van der Waals surface area contributed by atoms with Crippen LogP contribution < -0.4 is 5.32 Å². The summed E-state index contributed by atoms with van der Waals surface area (Å²) >= 11 is 3.70. The number of fused-ring (bicyclic) bond motifs is 12. The largest absolute Gasteiger partial charge is 0.344 e. The van der Waals surface area contributed by atoms with Gasteiger partial charge < -0.3 is 9.88 Å². The number of aliphatic imine (C=N–C) groups is 2. The fourth-order valence-electron chi connectivity index (χ4n) is 10.2. The zero-order chi connectivity index (χ0) is 42.6. The van der Waals surface area contributed by atoms with Crippen LogP contribution in [0.2, 0.25) is 0 Å². The van der Waals surface area contributed by atoms with Crippen LogP contribution in [-0.2, 0) is 0 Å². The Morgan fingerprint density at radius 3 is 2.00 bits per heavy atom. The molecule has 65 heavy (non-hydrogen) atoms. The number of benzene rings is 10. The van der Waals surface area contributed by atoms with Crippen LogP contribution in [0.15, 0.2) is 216 Å². The smallest absolute Gasteiger partial charge is 0.160 e. The minimum atomic E-state index is -0.356. The molecule has 304 valence electrons. The van der Waals surface area contributed by atoms with Gasteiger partial charge in [0.05, 0.1) is 11.0 Å². The first-order valence-corrected chi connectivity index (χ1v) is 23.6. The predicted molar refractivity (Wildman–Crippen MR) is 279 cm³/mol. The molecule has 1 N–H and O–H groups in total. The molecule has 13 aromatic rings. The number of rotatable bonds is 5. The lowest BCUT2D eigenvalue weighted by Crippen LogP contribution is -2.33. The number of hydrogen-bond donors (Lipinski definition) is 1. The lowest BCUT2D eigenvalue weighted by molar-refractivity contribution is 0.674. The van der Waals surface area contributed by atoms with Gasteiger partial charge in [0.15, 0.2) is 5.84 Å². The van der Waals surface area contributed by atoms with Crippen LogP contribution in [-0.4, -0.2) is 16.2 Å². The normalized spacial score (nSPS) is 14.3. The molecule has 14 rings (SSSR count). The number of nitrogens with one attached hydrogen (secondary N) is 1. The van der Waals surface area contributed by atoms with Gasteiger partial charge in [-0.25, -0.2) is 9.98 Å². The van der Waals surface area contributed by atoms with Crippen LogP contribution in [0.5, 0.6) is 0 Å². The van der Waals surface area contributed by atoms with Crippen molar-refractivity contribution < 1.29 is 0 Å². The Labute approximate surface area is 381 Å². The molecule has 1 atom stereocenters. The molecule has 0 amide bonds.